The Hall–Kier alpha value is -2.25. The molecule has 0 spiro atoms. The van der Waals surface area contributed by atoms with E-state index in [9.17, 15) is 0 Å². The number of aromatic nitrogens is 5. The topological polar surface area (TPSA) is 54.5 Å². The minimum absolute atomic E-state index is 0.418. The summed E-state index contributed by atoms with van der Waals surface area (Å²) in [4.78, 5) is 13.8. The zero-order chi connectivity index (χ0) is 18.1. The fraction of sp³-hybridized carbons (Fsp3) is 0.526. The third-order valence-electron chi connectivity index (χ3n) is 5.43. The Balaban J connectivity index is 1.48. The van der Waals surface area contributed by atoms with Gasteiger partial charge in [-0.2, -0.15) is 5.10 Å². The van der Waals surface area contributed by atoms with Gasteiger partial charge in [0.25, 0.3) is 0 Å². The van der Waals surface area contributed by atoms with E-state index in [0.717, 1.165) is 31.1 Å². The van der Waals surface area contributed by atoms with E-state index in [1.807, 2.05) is 34.6 Å². The van der Waals surface area contributed by atoms with Crippen LogP contribution in [-0.4, -0.2) is 61.1 Å². The first-order valence-corrected chi connectivity index (χ1v) is 9.27. The molecule has 0 aliphatic carbocycles. The highest BCUT2D eigenvalue weighted by molar-refractivity contribution is 5.29. The summed E-state index contributed by atoms with van der Waals surface area (Å²) in [6, 6.07) is 4.51. The van der Waals surface area contributed by atoms with Gasteiger partial charge in [0.1, 0.15) is 0 Å². The molecule has 4 heterocycles. The van der Waals surface area contributed by atoms with E-state index in [-0.39, 0.29) is 0 Å². The molecule has 1 aliphatic rings. The van der Waals surface area contributed by atoms with Crippen LogP contribution in [0, 0.1) is 5.92 Å². The smallest absolute Gasteiger partial charge is 0.233 e. The predicted molar refractivity (Wildman–Crippen MR) is 101 cm³/mol. The van der Waals surface area contributed by atoms with E-state index in [1.54, 1.807) is 6.20 Å². The standard InChI is InChI=1S/C19H27N7/c1-23(13-16-14-26-11-5-8-20-19(26)22-16)12-15-6-4-10-24(2)18(15)17-7-9-21-25(17)3/h5,7-9,11,14-15,18H,4,6,10,12-13H2,1-3H3/t15-,18+/m0/s1. The van der Waals surface area contributed by atoms with Crippen LogP contribution in [-0.2, 0) is 13.6 Å². The van der Waals surface area contributed by atoms with Crippen molar-refractivity contribution in [2.75, 3.05) is 27.2 Å². The summed E-state index contributed by atoms with van der Waals surface area (Å²) >= 11 is 0. The molecule has 0 radical (unpaired) electrons. The number of imidazole rings is 1. The number of likely N-dealkylation sites (tertiary alicyclic amines) is 1. The second kappa shape index (κ2) is 7.17. The largest absolute Gasteiger partial charge is 0.300 e. The summed E-state index contributed by atoms with van der Waals surface area (Å²) in [5, 5.41) is 4.39. The predicted octanol–water partition coefficient (Wildman–Crippen LogP) is 1.98. The molecule has 3 aromatic heterocycles. The lowest BCUT2D eigenvalue weighted by Crippen LogP contribution is -2.41. The molecule has 7 heteroatoms. The number of rotatable bonds is 5. The van der Waals surface area contributed by atoms with E-state index in [1.165, 1.54) is 18.5 Å². The van der Waals surface area contributed by atoms with Crippen molar-refractivity contribution >= 4 is 5.78 Å². The van der Waals surface area contributed by atoms with Gasteiger partial charge in [-0.3, -0.25) is 14.0 Å². The molecule has 138 valence electrons. The van der Waals surface area contributed by atoms with Crippen LogP contribution in [0.5, 0.6) is 0 Å². The third kappa shape index (κ3) is 3.37. The van der Waals surface area contributed by atoms with Crippen molar-refractivity contribution in [3.63, 3.8) is 0 Å². The molecule has 0 saturated carbocycles. The average Bonchev–Trinajstić information content (AvgIpc) is 3.20. The van der Waals surface area contributed by atoms with Gasteiger partial charge in [0, 0.05) is 44.9 Å². The van der Waals surface area contributed by atoms with Crippen LogP contribution in [0.4, 0.5) is 0 Å². The van der Waals surface area contributed by atoms with Crippen molar-refractivity contribution in [1.29, 1.82) is 0 Å². The number of hydrogen-bond acceptors (Lipinski definition) is 5. The summed E-state index contributed by atoms with van der Waals surface area (Å²) in [6.45, 7) is 3.03. The SMILES string of the molecule is CN(Cc1cn2cccnc2n1)C[C@@H]1CCCN(C)[C@H]1c1ccnn1C. The number of piperidine rings is 1. The van der Waals surface area contributed by atoms with Crippen LogP contribution in [0.25, 0.3) is 5.78 Å². The first kappa shape index (κ1) is 17.2. The molecule has 0 amide bonds. The zero-order valence-corrected chi connectivity index (χ0v) is 15.8. The second-order valence-electron chi connectivity index (χ2n) is 7.46. The molecule has 26 heavy (non-hydrogen) atoms. The Labute approximate surface area is 154 Å². The van der Waals surface area contributed by atoms with E-state index in [0.29, 0.717) is 12.0 Å². The quantitative estimate of drug-likeness (QED) is 0.702. The Bertz CT molecular complexity index is 835. The van der Waals surface area contributed by atoms with Crippen LogP contribution in [0.3, 0.4) is 0 Å². The van der Waals surface area contributed by atoms with E-state index < -0.39 is 0 Å². The van der Waals surface area contributed by atoms with Crippen molar-refractivity contribution in [3.05, 3.63) is 48.3 Å². The van der Waals surface area contributed by atoms with Crippen LogP contribution in [0.2, 0.25) is 0 Å². The molecular formula is C19H27N7. The first-order chi connectivity index (χ1) is 12.6. The highest BCUT2D eigenvalue weighted by Crippen LogP contribution is 2.35. The highest BCUT2D eigenvalue weighted by atomic mass is 15.3. The lowest BCUT2D eigenvalue weighted by molar-refractivity contribution is 0.0870. The van der Waals surface area contributed by atoms with E-state index >= 15 is 0 Å². The van der Waals surface area contributed by atoms with Crippen LogP contribution in [0.1, 0.15) is 30.3 Å². The first-order valence-electron chi connectivity index (χ1n) is 9.27. The molecule has 1 fully saturated rings. The van der Waals surface area contributed by atoms with Crippen LogP contribution < -0.4 is 0 Å². The Morgan fingerprint density at radius 1 is 1.27 bits per heavy atom. The number of aryl methyl sites for hydroxylation is 1. The summed E-state index contributed by atoms with van der Waals surface area (Å²) in [5.41, 5.74) is 2.37. The summed E-state index contributed by atoms with van der Waals surface area (Å²) in [6.07, 6.45) is 10.3. The van der Waals surface area contributed by atoms with Gasteiger partial charge in [-0.15, -0.1) is 0 Å². The maximum atomic E-state index is 4.63. The molecule has 1 aliphatic heterocycles. The van der Waals surface area contributed by atoms with Crippen molar-refractivity contribution < 1.29 is 0 Å². The zero-order valence-electron chi connectivity index (χ0n) is 15.8. The van der Waals surface area contributed by atoms with Gasteiger partial charge in [-0.05, 0) is 51.5 Å². The Kier molecular flexibility index (Phi) is 4.74. The van der Waals surface area contributed by atoms with Crippen molar-refractivity contribution in [1.82, 2.24) is 33.9 Å². The fourth-order valence-corrected chi connectivity index (χ4v) is 4.29. The molecule has 7 nitrogen and oxygen atoms in total. The van der Waals surface area contributed by atoms with Crippen molar-refractivity contribution in [2.45, 2.75) is 25.4 Å². The van der Waals surface area contributed by atoms with Gasteiger partial charge in [-0.1, -0.05) is 0 Å². The molecule has 1 saturated heterocycles. The van der Waals surface area contributed by atoms with Crippen molar-refractivity contribution in [2.24, 2.45) is 13.0 Å². The van der Waals surface area contributed by atoms with Gasteiger partial charge < -0.3 is 4.90 Å². The fourth-order valence-electron chi connectivity index (χ4n) is 4.29. The lowest BCUT2D eigenvalue weighted by atomic mass is 9.87. The summed E-state index contributed by atoms with van der Waals surface area (Å²) in [7, 11) is 6.46. The molecule has 0 N–H and O–H groups in total. The van der Waals surface area contributed by atoms with Gasteiger partial charge >= 0.3 is 0 Å². The maximum absolute atomic E-state index is 4.63. The van der Waals surface area contributed by atoms with Gasteiger partial charge in [0.05, 0.1) is 17.4 Å². The van der Waals surface area contributed by atoms with E-state index in [4.69, 9.17) is 0 Å². The molecular weight excluding hydrogens is 326 g/mol. The van der Waals surface area contributed by atoms with Gasteiger partial charge in [0.15, 0.2) is 0 Å². The monoisotopic (exact) mass is 353 g/mol. The molecule has 3 aromatic rings. The normalized spacial score (nSPS) is 21.7. The van der Waals surface area contributed by atoms with Crippen LogP contribution in [0.15, 0.2) is 36.9 Å². The van der Waals surface area contributed by atoms with Crippen LogP contribution >= 0.6 is 0 Å². The highest BCUT2D eigenvalue weighted by Gasteiger charge is 2.33. The molecule has 0 unspecified atom stereocenters. The van der Waals surface area contributed by atoms with Gasteiger partial charge in [-0.25, -0.2) is 9.97 Å². The average molecular weight is 353 g/mol. The summed E-state index contributed by atoms with van der Waals surface area (Å²) in [5.74, 6) is 1.35. The number of fused-ring (bicyclic) bond motifs is 1. The summed E-state index contributed by atoms with van der Waals surface area (Å²) < 4.78 is 4.00. The lowest BCUT2D eigenvalue weighted by Gasteiger charge is -2.40. The van der Waals surface area contributed by atoms with Gasteiger partial charge in [0.2, 0.25) is 5.78 Å². The van der Waals surface area contributed by atoms with Crippen molar-refractivity contribution in [3.8, 4) is 0 Å². The Morgan fingerprint density at radius 3 is 2.92 bits per heavy atom. The minimum atomic E-state index is 0.418. The molecule has 4 rings (SSSR count). The number of hydrogen-bond donors (Lipinski definition) is 0. The second-order valence-corrected chi connectivity index (χ2v) is 7.46. The minimum Gasteiger partial charge on any atom is -0.300 e. The molecule has 0 aromatic carbocycles. The maximum Gasteiger partial charge on any atom is 0.233 e. The Morgan fingerprint density at radius 2 is 2.15 bits per heavy atom. The number of nitrogens with zero attached hydrogens (tertiary/aromatic N) is 7. The molecule has 2 atom stereocenters. The molecule has 0 bridgehead atoms. The third-order valence-corrected chi connectivity index (χ3v) is 5.43. The van der Waals surface area contributed by atoms with E-state index in [2.05, 4.69) is 51.2 Å².